The summed E-state index contributed by atoms with van der Waals surface area (Å²) in [5.41, 5.74) is 2.21. The maximum atomic E-state index is 11.2. The minimum Gasteiger partial charge on any atom is -0.461 e. The summed E-state index contributed by atoms with van der Waals surface area (Å²) in [5.74, 6) is -0.608. The zero-order valence-corrected chi connectivity index (χ0v) is 8.65. The van der Waals surface area contributed by atoms with Crippen molar-refractivity contribution in [2.45, 2.75) is 6.92 Å². The fourth-order valence-electron chi connectivity index (χ4n) is 0.749. The van der Waals surface area contributed by atoms with Gasteiger partial charge in [0.25, 0.3) is 5.95 Å². The van der Waals surface area contributed by atoms with E-state index in [1.807, 2.05) is 0 Å². The van der Waals surface area contributed by atoms with E-state index in [0.29, 0.717) is 0 Å². The molecule has 0 fully saturated rings. The summed E-state index contributed by atoms with van der Waals surface area (Å²) in [6.07, 6.45) is 0. The van der Waals surface area contributed by atoms with Crippen molar-refractivity contribution < 1.29 is 9.53 Å². The van der Waals surface area contributed by atoms with Crippen molar-refractivity contribution in [3.05, 3.63) is 10.8 Å². The number of aromatic nitrogens is 3. The predicted octanol–water partition coefficient (Wildman–Crippen LogP) is 0.729. The van der Waals surface area contributed by atoms with Crippen molar-refractivity contribution in [1.29, 1.82) is 0 Å². The molecule has 1 heterocycles. The highest BCUT2D eigenvalue weighted by Gasteiger charge is 2.16. The first-order valence-electron chi connectivity index (χ1n) is 3.98. The van der Waals surface area contributed by atoms with Crippen LogP contribution in [0.3, 0.4) is 0 Å². The quantitative estimate of drug-likeness (QED) is 0.465. The van der Waals surface area contributed by atoms with Crippen molar-refractivity contribution in [3.8, 4) is 0 Å². The Balaban J connectivity index is 2.92. The van der Waals surface area contributed by atoms with Crippen LogP contribution in [0, 0.1) is 0 Å². The molecule has 0 amide bonds. The third-order valence-corrected chi connectivity index (χ3v) is 1.56. The number of ether oxygens (including phenoxy) is 1. The molecule has 0 unspecified atom stereocenters. The molecule has 7 nitrogen and oxygen atoms in total. The molecule has 80 valence electrons. The van der Waals surface area contributed by atoms with Crippen LogP contribution in [0.2, 0.25) is 5.15 Å². The average Bonchev–Trinajstić information content (AvgIpc) is 2.18. The summed E-state index contributed by atoms with van der Waals surface area (Å²) >= 11 is 5.68. The fourth-order valence-corrected chi connectivity index (χ4v) is 0.944. The third kappa shape index (κ3) is 2.84. The molecule has 0 aliphatic carbocycles. The molecule has 0 spiro atoms. The van der Waals surface area contributed by atoms with Gasteiger partial charge in [0.05, 0.1) is 6.61 Å². The molecule has 1 rings (SSSR count). The van der Waals surface area contributed by atoms with Crippen LogP contribution in [0.1, 0.15) is 17.4 Å². The SMILES string of the molecule is C=NNc1nnc(C(=O)OCC)c(Cl)n1. The van der Waals surface area contributed by atoms with Gasteiger partial charge in [0.15, 0.2) is 5.15 Å². The summed E-state index contributed by atoms with van der Waals surface area (Å²) < 4.78 is 4.69. The van der Waals surface area contributed by atoms with Gasteiger partial charge >= 0.3 is 5.97 Å². The lowest BCUT2D eigenvalue weighted by Crippen LogP contribution is -2.11. The Hall–Kier alpha value is -1.76. The van der Waals surface area contributed by atoms with E-state index >= 15 is 0 Å². The molecule has 1 N–H and O–H groups in total. The molecule has 0 aliphatic heterocycles. The van der Waals surface area contributed by atoms with Crippen LogP contribution in [0.5, 0.6) is 0 Å². The van der Waals surface area contributed by atoms with Crippen LogP contribution in [-0.4, -0.2) is 34.5 Å². The molecule has 0 aromatic carbocycles. The van der Waals surface area contributed by atoms with Gasteiger partial charge in [-0.2, -0.15) is 10.1 Å². The van der Waals surface area contributed by atoms with E-state index in [9.17, 15) is 4.79 Å². The van der Waals surface area contributed by atoms with Crippen molar-refractivity contribution in [2.75, 3.05) is 12.0 Å². The number of nitrogens with one attached hydrogen (secondary N) is 1. The minimum atomic E-state index is -0.666. The highest BCUT2D eigenvalue weighted by molar-refractivity contribution is 6.32. The molecule has 1 aromatic heterocycles. The number of hydrogen-bond donors (Lipinski definition) is 1. The van der Waals surface area contributed by atoms with E-state index in [-0.39, 0.29) is 23.4 Å². The predicted molar refractivity (Wildman–Crippen MR) is 54.0 cm³/mol. The first-order valence-corrected chi connectivity index (χ1v) is 4.36. The summed E-state index contributed by atoms with van der Waals surface area (Å²) in [4.78, 5) is 14.9. The molecule has 0 aliphatic rings. The molecular weight excluding hydrogens is 222 g/mol. The van der Waals surface area contributed by atoms with E-state index in [4.69, 9.17) is 11.6 Å². The van der Waals surface area contributed by atoms with Crippen LogP contribution >= 0.6 is 11.6 Å². The monoisotopic (exact) mass is 229 g/mol. The van der Waals surface area contributed by atoms with E-state index in [1.165, 1.54) is 0 Å². The number of hydrogen-bond acceptors (Lipinski definition) is 7. The van der Waals surface area contributed by atoms with Gasteiger partial charge in [0, 0.05) is 6.72 Å². The Kier molecular flexibility index (Phi) is 3.92. The van der Waals surface area contributed by atoms with Crippen LogP contribution in [0.25, 0.3) is 0 Å². The average molecular weight is 230 g/mol. The largest absolute Gasteiger partial charge is 0.461 e. The molecule has 8 heteroatoms. The Labute approximate surface area is 90.5 Å². The number of carbonyl (C=O) groups excluding carboxylic acids is 1. The molecule has 0 radical (unpaired) electrons. The second-order valence-corrected chi connectivity index (χ2v) is 2.62. The number of nitrogens with zero attached hydrogens (tertiary/aromatic N) is 4. The van der Waals surface area contributed by atoms with Gasteiger partial charge in [0.2, 0.25) is 5.69 Å². The van der Waals surface area contributed by atoms with Gasteiger partial charge < -0.3 is 4.74 Å². The maximum absolute atomic E-state index is 11.2. The van der Waals surface area contributed by atoms with Crippen LogP contribution < -0.4 is 5.43 Å². The number of carbonyl (C=O) groups is 1. The molecular formula is C7H8ClN5O2. The minimum absolute atomic E-state index is 0.0584. The third-order valence-electron chi connectivity index (χ3n) is 1.29. The number of hydrazone groups is 1. The summed E-state index contributed by atoms with van der Waals surface area (Å²) in [6.45, 7) is 5.07. The lowest BCUT2D eigenvalue weighted by Gasteiger charge is -2.02. The summed E-state index contributed by atoms with van der Waals surface area (Å²) in [7, 11) is 0. The molecule has 1 aromatic rings. The van der Waals surface area contributed by atoms with E-state index in [1.54, 1.807) is 6.92 Å². The van der Waals surface area contributed by atoms with Gasteiger partial charge in [-0.05, 0) is 6.92 Å². The van der Waals surface area contributed by atoms with Gasteiger partial charge in [0.1, 0.15) is 0 Å². The Morgan fingerprint density at radius 1 is 1.67 bits per heavy atom. The second-order valence-electron chi connectivity index (χ2n) is 2.27. The maximum Gasteiger partial charge on any atom is 0.362 e. The van der Waals surface area contributed by atoms with Gasteiger partial charge in [-0.1, -0.05) is 11.6 Å². The Morgan fingerprint density at radius 2 is 2.40 bits per heavy atom. The Bertz CT molecular complexity index is 384. The second kappa shape index (κ2) is 5.20. The van der Waals surface area contributed by atoms with Crippen molar-refractivity contribution >= 4 is 30.2 Å². The van der Waals surface area contributed by atoms with E-state index in [2.05, 4.69) is 37.2 Å². The van der Waals surface area contributed by atoms with Crippen molar-refractivity contribution in [1.82, 2.24) is 15.2 Å². The zero-order chi connectivity index (χ0) is 11.3. The number of anilines is 1. The molecule has 0 saturated carbocycles. The molecule has 0 atom stereocenters. The van der Waals surface area contributed by atoms with E-state index < -0.39 is 5.97 Å². The molecule has 0 saturated heterocycles. The Morgan fingerprint density at radius 3 is 2.93 bits per heavy atom. The standard InChI is InChI=1S/C7H8ClN5O2/c1-3-15-6(14)4-5(8)10-7(12-9-2)13-11-4/h2-3H2,1H3,(H,10,12,13). The first kappa shape index (κ1) is 11.3. The van der Waals surface area contributed by atoms with Gasteiger partial charge in [-0.15, -0.1) is 10.2 Å². The number of esters is 1. The summed E-state index contributed by atoms with van der Waals surface area (Å²) in [6, 6.07) is 0. The summed E-state index contributed by atoms with van der Waals surface area (Å²) in [5, 5.41) is 10.3. The fraction of sp³-hybridized carbons (Fsp3) is 0.286. The molecule has 15 heavy (non-hydrogen) atoms. The van der Waals surface area contributed by atoms with Gasteiger partial charge in [-0.3, -0.25) is 0 Å². The smallest absolute Gasteiger partial charge is 0.362 e. The van der Waals surface area contributed by atoms with Gasteiger partial charge in [-0.25, -0.2) is 10.2 Å². The van der Waals surface area contributed by atoms with E-state index in [0.717, 1.165) is 0 Å². The lowest BCUT2D eigenvalue weighted by atomic mass is 10.5. The van der Waals surface area contributed by atoms with Crippen LogP contribution in [-0.2, 0) is 4.74 Å². The topological polar surface area (TPSA) is 89.4 Å². The zero-order valence-electron chi connectivity index (χ0n) is 7.90. The van der Waals surface area contributed by atoms with Crippen LogP contribution in [0.4, 0.5) is 5.95 Å². The highest BCUT2D eigenvalue weighted by atomic mass is 35.5. The number of halogens is 1. The van der Waals surface area contributed by atoms with Crippen LogP contribution in [0.15, 0.2) is 5.10 Å². The first-order chi connectivity index (χ1) is 7.19. The normalized spacial score (nSPS) is 9.47. The molecule has 0 bridgehead atoms. The highest BCUT2D eigenvalue weighted by Crippen LogP contribution is 2.12. The van der Waals surface area contributed by atoms with Crippen molar-refractivity contribution in [3.63, 3.8) is 0 Å². The number of rotatable bonds is 4. The van der Waals surface area contributed by atoms with Crippen molar-refractivity contribution in [2.24, 2.45) is 5.10 Å². The lowest BCUT2D eigenvalue weighted by molar-refractivity contribution is 0.0518.